The highest BCUT2D eigenvalue weighted by atomic mass is 16.6. The van der Waals surface area contributed by atoms with Crippen molar-refractivity contribution in [1.82, 2.24) is 15.3 Å². The first-order valence-electron chi connectivity index (χ1n) is 9.22. The van der Waals surface area contributed by atoms with Crippen molar-refractivity contribution in [2.24, 2.45) is 0 Å². The van der Waals surface area contributed by atoms with E-state index in [4.69, 9.17) is 14.7 Å². The monoisotopic (exact) mass is 356 g/mol. The zero-order chi connectivity index (χ0) is 18.9. The minimum Gasteiger partial charge on any atom is -0.444 e. The van der Waals surface area contributed by atoms with Crippen LogP contribution in [-0.2, 0) is 4.74 Å². The molecule has 1 aromatic carbocycles. The van der Waals surface area contributed by atoms with E-state index < -0.39 is 5.60 Å². The van der Waals surface area contributed by atoms with Crippen LogP contribution in [0.4, 0.5) is 10.6 Å². The number of hydrogen-bond donors (Lipinski definition) is 1. The van der Waals surface area contributed by atoms with Crippen LogP contribution in [0.2, 0.25) is 0 Å². The zero-order valence-electron chi connectivity index (χ0n) is 16.2. The first kappa shape index (κ1) is 18.4. The van der Waals surface area contributed by atoms with Gasteiger partial charge >= 0.3 is 6.09 Å². The Morgan fingerprint density at radius 1 is 1.23 bits per heavy atom. The van der Waals surface area contributed by atoms with Crippen LogP contribution in [-0.4, -0.2) is 40.3 Å². The average Bonchev–Trinajstić information content (AvgIpc) is 2.53. The van der Waals surface area contributed by atoms with Crippen LogP contribution in [0, 0.1) is 6.92 Å². The number of alkyl carbamates (subject to hydrolysis) is 1. The van der Waals surface area contributed by atoms with Gasteiger partial charge in [0.2, 0.25) is 0 Å². The molecule has 26 heavy (non-hydrogen) atoms. The quantitative estimate of drug-likeness (QED) is 0.886. The number of nitrogens with zero attached hydrogens (tertiary/aromatic N) is 3. The lowest BCUT2D eigenvalue weighted by Gasteiger charge is -2.39. The molecule has 0 bridgehead atoms. The first-order chi connectivity index (χ1) is 12.2. The molecule has 2 aromatic rings. The Hall–Kier alpha value is -2.37. The molecule has 1 N–H and O–H groups in total. The van der Waals surface area contributed by atoms with Crippen molar-refractivity contribution in [1.29, 1.82) is 0 Å². The minimum atomic E-state index is -0.478. The third-order valence-electron chi connectivity index (χ3n) is 4.59. The maximum absolute atomic E-state index is 12.0. The molecule has 1 aliphatic heterocycles. The van der Waals surface area contributed by atoms with E-state index in [9.17, 15) is 4.79 Å². The number of fused-ring (bicyclic) bond motifs is 1. The molecular weight excluding hydrogens is 328 g/mol. The topological polar surface area (TPSA) is 67.4 Å². The molecule has 1 aromatic heterocycles. The van der Waals surface area contributed by atoms with E-state index in [0.717, 1.165) is 41.9 Å². The molecule has 2 atom stereocenters. The molecule has 1 amide bonds. The Morgan fingerprint density at radius 2 is 1.88 bits per heavy atom. The number of nitrogens with one attached hydrogen (secondary N) is 1. The van der Waals surface area contributed by atoms with Crippen molar-refractivity contribution in [2.75, 3.05) is 11.4 Å². The number of carbonyl (C=O) groups excluding carboxylic acids is 1. The maximum Gasteiger partial charge on any atom is 0.407 e. The van der Waals surface area contributed by atoms with Crippen molar-refractivity contribution in [3.63, 3.8) is 0 Å². The molecule has 0 radical (unpaired) electrons. The fourth-order valence-electron chi connectivity index (χ4n) is 3.44. The van der Waals surface area contributed by atoms with E-state index in [1.54, 1.807) is 0 Å². The summed E-state index contributed by atoms with van der Waals surface area (Å²) in [6, 6.07) is 8.32. The summed E-state index contributed by atoms with van der Waals surface area (Å²) in [6.45, 7) is 10.6. The van der Waals surface area contributed by atoms with Crippen LogP contribution < -0.4 is 10.2 Å². The highest BCUT2D eigenvalue weighted by Gasteiger charge is 2.29. The number of para-hydroxylation sites is 2. The highest BCUT2D eigenvalue weighted by Crippen LogP contribution is 2.27. The molecule has 1 fully saturated rings. The van der Waals surface area contributed by atoms with Gasteiger partial charge in [-0.1, -0.05) is 12.1 Å². The number of aromatic nitrogens is 2. The fourth-order valence-corrected chi connectivity index (χ4v) is 3.44. The van der Waals surface area contributed by atoms with Crippen molar-refractivity contribution >= 4 is 22.9 Å². The smallest absolute Gasteiger partial charge is 0.407 e. The van der Waals surface area contributed by atoms with Gasteiger partial charge in [0.05, 0.1) is 16.7 Å². The second-order valence-corrected chi connectivity index (χ2v) is 8.03. The van der Waals surface area contributed by atoms with E-state index in [0.29, 0.717) is 0 Å². The van der Waals surface area contributed by atoms with E-state index in [1.165, 1.54) is 0 Å². The molecular formula is C20H28N4O2. The predicted molar refractivity (Wildman–Crippen MR) is 103 cm³/mol. The molecule has 2 unspecified atom stereocenters. The maximum atomic E-state index is 12.0. The highest BCUT2D eigenvalue weighted by molar-refractivity contribution is 5.76. The number of hydrogen-bond acceptors (Lipinski definition) is 5. The van der Waals surface area contributed by atoms with E-state index >= 15 is 0 Å². The molecule has 0 spiro atoms. The second-order valence-electron chi connectivity index (χ2n) is 8.03. The van der Waals surface area contributed by atoms with Crippen LogP contribution in [0.25, 0.3) is 11.0 Å². The van der Waals surface area contributed by atoms with Crippen molar-refractivity contribution < 1.29 is 9.53 Å². The Kier molecular flexibility index (Phi) is 5.03. The third-order valence-corrected chi connectivity index (χ3v) is 4.59. The molecule has 2 heterocycles. The van der Waals surface area contributed by atoms with Gasteiger partial charge in [0.15, 0.2) is 5.82 Å². The molecule has 1 aliphatic rings. The van der Waals surface area contributed by atoms with Gasteiger partial charge in [-0.3, -0.25) is 0 Å². The predicted octanol–water partition coefficient (Wildman–Crippen LogP) is 3.82. The number of aryl methyl sites for hydroxylation is 1. The first-order valence-corrected chi connectivity index (χ1v) is 9.22. The average molecular weight is 356 g/mol. The summed E-state index contributed by atoms with van der Waals surface area (Å²) in [6.07, 6.45) is 1.37. The number of anilines is 1. The van der Waals surface area contributed by atoms with E-state index in [1.807, 2.05) is 52.0 Å². The standard InChI is InChI=1S/C20H28N4O2/c1-13-12-15(22-19(25)26-20(3,4)5)10-11-24(13)18-14(2)21-16-8-6-7-9-17(16)23-18/h6-9,13,15H,10-12H2,1-5H3,(H,22,25). The van der Waals surface area contributed by atoms with Crippen LogP contribution in [0.15, 0.2) is 24.3 Å². The van der Waals surface area contributed by atoms with Crippen molar-refractivity contribution in [2.45, 2.75) is 65.1 Å². The zero-order valence-corrected chi connectivity index (χ0v) is 16.2. The second kappa shape index (κ2) is 7.09. The third kappa shape index (κ3) is 4.23. The van der Waals surface area contributed by atoms with Crippen LogP contribution in [0.3, 0.4) is 0 Å². The van der Waals surface area contributed by atoms with Gasteiger partial charge in [-0.05, 0) is 59.6 Å². The summed E-state index contributed by atoms with van der Waals surface area (Å²) >= 11 is 0. The van der Waals surface area contributed by atoms with Gasteiger partial charge < -0.3 is 15.0 Å². The largest absolute Gasteiger partial charge is 0.444 e. The number of ether oxygens (including phenoxy) is 1. The number of piperidine rings is 1. The normalized spacial score (nSPS) is 20.9. The lowest BCUT2D eigenvalue weighted by atomic mass is 9.98. The van der Waals surface area contributed by atoms with Gasteiger partial charge in [-0.25, -0.2) is 14.8 Å². The van der Waals surface area contributed by atoms with Gasteiger partial charge in [0.25, 0.3) is 0 Å². The van der Waals surface area contributed by atoms with Crippen LogP contribution >= 0.6 is 0 Å². The summed E-state index contributed by atoms with van der Waals surface area (Å²) in [5.41, 5.74) is 2.29. The molecule has 6 heteroatoms. The Morgan fingerprint density at radius 3 is 2.50 bits per heavy atom. The van der Waals surface area contributed by atoms with Gasteiger partial charge in [0.1, 0.15) is 5.60 Å². The molecule has 3 rings (SSSR count). The van der Waals surface area contributed by atoms with Crippen molar-refractivity contribution in [3.05, 3.63) is 30.0 Å². The molecule has 6 nitrogen and oxygen atoms in total. The van der Waals surface area contributed by atoms with Gasteiger partial charge in [-0.2, -0.15) is 0 Å². The van der Waals surface area contributed by atoms with Gasteiger partial charge in [-0.15, -0.1) is 0 Å². The molecule has 0 aliphatic carbocycles. The fraction of sp³-hybridized carbons (Fsp3) is 0.550. The number of carbonyl (C=O) groups is 1. The Balaban J connectivity index is 1.69. The molecule has 0 saturated carbocycles. The van der Waals surface area contributed by atoms with E-state index in [2.05, 4.69) is 17.1 Å². The van der Waals surface area contributed by atoms with Crippen LogP contribution in [0.5, 0.6) is 0 Å². The molecule has 1 saturated heterocycles. The Labute approximate surface area is 155 Å². The summed E-state index contributed by atoms with van der Waals surface area (Å²) in [7, 11) is 0. The lowest BCUT2D eigenvalue weighted by molar-refractivity contribution is 0.0494. The Bertz CT molecular complexity index is 800. The summed E-state index contributed by atoms with van der Waals surface area (Å²) in [5.74, 6) is 0.937. The van der Waals surface area contributed by atoms with Crippen LogP contribution in [0.1, 0.15) is 46.2 Å². The summed E-state index contributed by atoms with van der Waals surface area (Å²) in [4.78, 5) is 23.8. The number of rotatable bonds is 2. The summed E-state index contributed by atoms with van der Waals surface area (Å²) < 4.78 is 5.37. The molecule has 140 valence electrons. The van der Waals surface area contributed by atoms with E-state index in [-0.39, 0.29) is 18.2 Å². The lowest BCUT2D eigenvalue weighted by Crippen LogP contribution is -2.50. The SMILES string of the molecule is Cc1nc2ccccc2nc1N1CCC(NC(=O)OC(C)(C)C)CC1C. The minimum absolute atomic E-state index is 0.116. The number of benzene rings is 1. The number of amides is 1. The summed E-state index contributed by atoms with van der Waals surface area (Å²) in [5, 5.41) is 3.00. The van der Waals surface area contributed by atoms with Gasteiger partial charge in [0, 0.05) is 18.6 Å². The van der Waals surface area contributed by atoms with Crippen molar-refractivity contribution in [3.8, 4) is 0 Å².